The van der Waals surface area contributed by atoms with Crippen molar-refractivity contribution in [3.8, 4) is 0 Å². The van der Waals surface area contributed by atoms with Crippen LogP contribution in [0.5, 0.6) is 0 Å². The number of nitrogens with zero attached hydrogens (tertiary/aromatic N) is 3. The van der Waals surface area contributed by atoms with Crippen LogP contribution >= 0.6 is 11.6 Å². The lowest BCUT2D eigenvalue weighted by molar-refractivity contribution is 0.238. The van der Waals surface area contributed by atoms with Crippen LogP contribution in [0.1, 0.15) is 25.6 Å². The standard InChI is InChI=1S/C12H18ClN3O/c1-2-3-11-14-10(13)6-12(15-11)16-5-4-9(7-16)8-17/h6,9,17H,2-5,7-8H2,1H3. The monoisotopic (exact) mass is 255 g/mol. The van der Waals surface area contributed by atoms with E-state index >= 15 is 0 Å². The lowest BCUT2D eigenvalue weighted by Crippen LogP contribution is -2.22. The van der Waals surface area contributed by atoms with Gasteiger partial charge in [0.05, 0.1) is 0 Å². The summed E-state index contributed by atoms with van der Waals surface area (Å²) in [5.41, 5.74) is 0. The molecule has 1 unspecified atom stereocenters. The Balaban J connectivity index is 2.15. The van der Waals surface area contributed by atoms with E-state index < -0.39 is 0 Å². The van der Waals surface area contributed by atoms with E-state index in [1.54, 1.807) is 6.07 Å². The highest BCUT2D eigenvalue weighted by Crippen LogP contribution is 2.23. The molecule has 1 saturated heterocycles. The van der Waals surface area contributed by atoms with Crippen LogP contribution in [-0.4, -0.2) is 34.8 Å². The van der Waals surface area contributed by atoms with Crippen molar-refractivity contribution < 1.29 is 5.11 Å². The van der Waals surface area contributed by atoms with Crippen LogP contribution in [0.2, 0.25) is 5.15 Å². The Bertz CT molecular complexity index is 386. The second-order valence-corrected chi connectivity index (χ2v) is 4.89. The third-order valence-corrected chi connectivity index (χ3v) is 3.26. The number of aliphatic hydroxyl groups is 1. The SMILES string of the molecule is CCCc1nc(Cl)cc(N2CCC(CO)C2)n1. The minimum Gasteiger partial charge on any atom is -0.396 e. The highest BCUT2D eigenvalue weighted by Gasteiger charge is 2.23. The first-order chi connectivity index (χ1) is 8.22. The number of aryl methyl sites for hydroxylation is 1. The van der Waals surface area contributed by atoms with Crippen molar-refractivity contribution in [3.63, 3.8) is 0 Å². The Morgan fingerprint density at radius 2 is 2.35 bits per heavy atom. The van der Waals surface area contributed by atoms with Crippen LogP contribution in [0.4, 0.5) is 5.82 Å². The summed E-state index contributed by atoms with van der Waals surface area (Å²) in [7, 11) is 0. The summed E-state index contributed by atoms with van der Waals surface area (Å²) in [6.45, 7) is 4.14. The second kappa shape index (κ2) is 5.65. The lowest BCUT2D eigenvalue weighted by Gasteiger charge is -2.17. The van der Waals surface area contributed by atoms with Crippen LogP contribution in [0, 0.1) is 5.92 Å². The average molecular weight is 256 g/mol. The molecule has 4 nitrogen and oxygen atoms in total. The fourth-order valence-corrected chi connectivity index (χ4v) is 2.33. The molecule has 94 valence electrons. The molecule has 0 aliphatic carbocycles. The Kier molecular flexibility index (Phi) is 4.18. The molecule has 1 aliphatic heterocycles. The minimum atomic E-state index is 0.247. The molecule has 0 amide bonds. The maximum absolute atomic E-state index is 9.14. The fraction of sp³-hybridized carbons (Fsp3) is 0.667. The lowest BCUT2D eigenvalue weighted by atomic mass is 10.1. The highest BCUT2D eigenvalue weighted by atomic mass is 35.5. The number of halogens is 1. The van der Waals surface area contributed by atoms with Gasteiger partial charge in [0, 0.05) is 38.1 Å². The molecule has 0 radical (unpaired) electrons. The summed E-state index contributed by atoms with van der Waals surface area (Å²) >= 11 is 6.01. The molecule has 0 saturated carbocycles. The maximum atomic E-state index is 9.14. The molecule has 1 fully saturated rings. The number of aliphatic hydroxyl groups excluding tert-OH is 1. The van der Waals surface area contributed by atoms with Gasteiger partial charge in [0.15, 0.2) is 0 Å². The summed E-state index contributed by atoms with van der Waals surface area (Å²) in [5.74, 6) is 2.06. The Morgan fingerprint density at radius 1 is 1.53 bits per heavy atom. The summed E-state index contributed by atoms with van der Waals surface area (Å²) in [6.07, 6.45) is 2.88. The third-order valence-electron chi connectivity index (χ3n) is 3.07. The van der Waals surface area contributed by atoms with Gasteiger partial charge < -0.3 is 10.0 Å². The fourth-order valence-electron chi connectivity index (χ4n) is 2.14. The van der Waals surface area contributed by atoms with E-state index in [1.165, 1.54) is 0 Å². The quantitative estimate of drug-likeness (QED) is 0.835. The third kappa shape index (κ3) is 3.07. The zero-order chi connectivity index (χ0) is 12.3. The normalized spacial score (nSPS) is 19.9. The van der Waals surface area contributed by atoms with E-state index in [9.17, 15) is 0 Å². The Morgan fingerprint density at radius 3 is 3.00 bits per heavy atom. The van der Waals surface area contributed by atoms with Crippen molar-refractivity contribution in [2.24, 2.45) is 5.92 Å². The number of anilines is 1. The smallest absolute Gasteiger partial charge is 0.134 e. The van der Waals surface area contributed by atoms with Crippen molar-refractivity contribution in [2.45, 2.75) is 26.2 Å². The molecule has 0 spiro atoms. The molecule has 1 aromatic heterocycles. The molecule has 1 aliphatic rings. The molecule has 2 rings (SSSR count). The van der Waals surface area contributed by atoms with Gasteiger partial charge in [-0.05, 0) is 12.8 Å². The first kappa shape index (κ1) is 12.6. The number of hydrogen-bond donors (Lipinski definition) is 1. The molecule has 1 atom stereocenters. The predicted octanol–water partition coefficient (Wildman–Crippen LogP) is 1.90. The Hall–Kier alpha value is -0.870. The summed E-state index contributed by atoms with van der Waals surface area (Å²) in [4.78, 5) is 10.9. The minimum absolute atomic E-state index is 0.247. The van der Waals surface area contributed by atoms with Gasteiger partial charge in [0.1, 0.15) is 16.8 Å². The van der Waals surface area contributed by atoms with Gasteiger partial charge >= 0.3 is 0 Å². The van der Waals surface area contributed by atoms with Gasteiger partial charge in [-0.2, -0.15) is 0 Å². The van der Waals surface area contributed by atoms with Crippen molar-refractivity contribution in [2.75, 3.05) is 24.6 Å². The largest absolute Gasteiger partial charge is 0.396 e. The van der Waals surface area contributed by atoms with Crippen molar-refractivity contribution >= 4 is 17.4 Å². The van der Waals surface area contributed by atoms with Gasteiger partial charge in [-0.3, -0.25) is 0 Å². The van der Waals surface area contributed by atoms with Crippen LogP contribution in [0.15, 0.2) is 6.07 Å². The van der Waals surface area contributed by atoms with E-state index in [-0.39, 0.29) is 6.61 Å². The van der Waals surface area contributed by atoms with Crippen LogP contribution < -0.4 is 4.90 Å². The van der Waals surface area contributed by atoms with E-state index in [0.717, 1.165) is 44.0 Å². The highest BCUT2D eigenvalue weighted by molar-refractivity contribution is 6.29. The molecular formula is C12H18ClN3O. The van der Waals surface area contributed by atoms with Gasteiger partial charge in [-0.25, -0.2) is 9.97 Å². The van der Waals surface area contributed by atoms with Crippen molar-refractivity contribution in [1.29, 1.82) is 0 Å². The van der Waals surface area contributed by atoms with E-state index in [4.69, 9.17) is 16.7 Å². The molecule has 1 aromatic rings. The van der Waals surface area contributed by atoms with E-state index in [2.05, 4.69) is 21.8 Å². The van der Waals surface area contributed by atoms with Crippen molar-refractivity contribution in [1.82, 2.24) is 9.97 Å². The topological polar surface area (TPSA) is 49.2 Å². The van der Waals surface area contributed by atoms with Crippen LogP contribution in [0.3, 0.4) is 0 Å². The first-order valence-electron chi connectivity index (χ1n) is 6.12. The molecule has 0 bridgehead atoms. The van der Waals surface area contributed by atoms with Gasteiger partial charge in [-0.1, -0.05) is 18.5 Å². The summed E-state index contributed by atoms with van der Waals surface area (Å²) in [5, 5.41) is 9.64. The van der Waals surface area contributed by atoms with Crippen LogP contribution in [-0.2, 0) is 6.42 Å². The van der Waals surface area contributed by atoms with E-state index in [1.807, 2.05) is 0 Å². The van der Waals surface area contributed by atoms with Gasteiger partial charge in [-0.15, -0.1) is 0 Å². The summed E-state index contributed by atoms with van der Waals surface area (Å²) < 4.78 is 0. The average Bonchev–Trinajstić information content (AvgIpc) is 2.77. The summed E-state index contributed by atoms with van der Waals surface area (Å²) in [6, 6.07) is 1.81. The zero-order valence-corrected chi connectivity index (χ0v) is 10.8. The molecule has 2 heterocycles. The number of hydrogen-bond acceptors (Lipinski definition) is 4. The maximum Gasteiger partial charge on any atom is 0.134 e. The van der Waals surface area contributed by atoms with Crippen molar-refractivity contribution in [3.05, 3.63) is 17.0 Å². The molecule has 5 heteroatoms. The molecule has 0 aromatic carbocycles. The number of rotatable bonds is 4. The molecule has 1 N–H and O–H groups in total. The first-order valence-corrected chi connectivity index (χ1v) is 6.50. The zero-order valence-electron chi connectivity index (χ0n) is 10.1. The molecular weight excluding hydrogens is 238 g/mol. The second-order valence-electron chi connectivity index (χ2n) is 4.50. The van der Waals surface area contributed by atoms with E-state index in [0.29, 0.717) is 11.1 Å². The van der Waals surface area contributed by atoms with Crippen LogP contribution in [0.25, 0.3) is 0 Å². The predicted molar refractivity (Wildman–Crippen MR) is 68.4 cm³/mol. The Labute approximate surface area is 107 Å². The van der Waals surface area contributed by atoms with Gasteiger partial charge in [0.2, 0.25) is 0 Å². The molecule has 17 heavy (non-hydrogen) atoms. The number of aromatic nitrogens is 2. The van der Waals surface area contributed by atoms with Gasteiger partial charge in [0.25, 0.3) is 0 Å².